The van der Waals surface area contributed by atoms with Gasteiger partial charge in [0.15, 0.2) is 0 Å². The number of aliphatic hydroxyl groups excluding tert-OH is 1. The number of nitrogens with one attached hydrogen (secondary N) is 2. The second-order valence-electron chi connectivity index (χ2n) is 6.04. The normalized spacial score (nSPS) is 22.3. The van der Waals surface area contributed by atoms with E-state index in [1.807, 2.05) is 0 Å². The molecule has 1 saturated carbocycles. The first-order valence-electron chi connectivity index (χ1n) is 7.92. The van der Waals surface area contributed by atoms with Crippen LogP contribution in [-0.4, -0.2) is 48.7 Å². The zero-order chi connectivity index (χ0) is 18.6. The van der Waals surface area contributed by atoms with E-state index in [-0.39, 0.29) is 31.2 Å². The maximum Gasteiger partial charge on any atom is 0.325 e. The highest BCUT2D eigenvalue weighted by Gasteiger charge is 2.38. The minimum Gasteiger partial charge on any atom is -0.468 e. The monoisotopic (exact) mass is 368 g/mol. The van der Waals surface area contributed by atoms with E-state index in [0.29, 0.717) is 10.6 Å². The van der Waals surface area contributed by atoms with E-state index in [2.05, 4.69) is 15.4 Å². The van der Waals surface area contributed by atoms with Gasteiger partial charge in [0.1, 0.15) is 6.54 Å². The number of amides is 2. The maximum atomic E-state index is 12.4. The largest absolute Gasteiger partial charge is 0.468 e. The van der Waals surface area contributed by atoms with Gasteiger partial charge in [-0.15, -0.1) is 0 Å². The molecular formula is C17H21ClN2O5. The first-order valence-corrected chi connectivity index (χ1v) is 8.29. The molecule has 0 aromatic heterocycles. The van der Waals surface area contributed by atoms with Crippen LogP contribution in [0.4, 0.5) is 0 Å². The zero-order valence-corrected chi connectivity index (χ0v) is 14.8. The molecule has 7 nitrogen and oxygen atoms in total. The maximum absolute atomic E-state index is 12.4. The summed E-state index contributed by atoms with van der Waals surface area (Å²) in [5.74, 6) is -1.78. The topological polar surface area (TPSA) is 105 Å². The van der Waals surface area contributed by atoms with Crippen molar-refractivity contribution < 1.29 is 24.2 Å². The second kappa shape index (κ2) is 8.31. The minimum atomic E-state index is -0.847. The summed E-state index contributed by atoms with van der Waals surface area (Å²) in [6.45, 7) is 1.55. The molecule has 3 atom stereocenters. The predicted molar refractivity (Wildman–Crippen MR) is 91.2 cm³/mol. The molecule has 0 unspecified atom stereocenters. The lowest BCUT2D eigenvalue weighted by molar-refractivity contribution is -0.141. The molecule has 0 bridgehead atoms. The van der Waals surface area contributed by atoms with Crippen LogP contribution in [-0.2, 0) is 14.3 Å². The summed E-state index contributed by atoms with van der Waals surface area (Å²) >= 11 is 6.08. The Balaban J connectivity index is 1.96. The van der Waals surface area contributed by atoms with E-state index in [1.165, 1.54) is 7.11 Å². The predicted octanol–water partition coefficient (Wildman–Crippen LogP) is 0.807. The van der Waals surface area contributed by atoms with Gasteiger partial charge in [-0.3, -0.25) is 14.4 Å². The van der Waals surface area contributed by atoms with Gasteiger partial charge >= 0.3 is 5.97 Å². The third kappa shape index (κ3) is 4.70. The number of hydrogen-bond acceptors (Lipinski definition) is 5. The van der Waals surface area contributed by atoms with Crippen molar-refractivity contribution in [2.45, 2.75) is 31.9 Å². The fraction of sp³-hybridized carbons (Fsp3) is 0.471. The molecule has 1 aromatic rings. The van der Waals surface area contributed by atoms with Crippen LogP contribution in [0, 0.1) is 12.8 Å². The molecular weight excluding hydrogens is 348 g/mol. The van der Waals surface area contributed by atoms with Crippen molar-refractivity contribution in [1.82, 2.24) is 10.6 Å². The summed E-state index contributed by atoms with van der Waals surface area (Å²) in [6.07, 6.45) is -0.358. The lowest BCUT2D eigenvalue weighted by Crippen LogP contribution is -2.40. The Morgan fingerprint density at radius 1 is 1.32 bits per heavy atom. The van der Waals surface area contributed by atoms with Crippen molar-refractivity contribution in [2.75, 3.05) is 13.7 Å². The summed E-state index contributed by atoms with van der Waals surface area (Å²) in [5, 5.41) is 15.7. The Kier molecular flexibility index (Phi) is 6.39. The molecule has 2 amide bonds. The number of benzene rings is 1. The second-order valence-corrected chi connectivity index (χ2v) is 6.45. The van der Waals surface area contributed by atoms with Crippen LogP contribution < -0.4 is 10.6 Å². The fourth-order valence-electron chi connectivity index (χ4n) is 2.92. The number of hydrogen-bond donors (Lipinski definition) is 3. The van der Waals surface area contributed by atoms with E-state index in [1.54, 1.807) is 25.1 Å². The summed E-state index contributed by atoms with van der Waals surface area (Å²) < 4.78 is 4.46. The molecule has 0 aliphatic heterocycles. The van der Waals surface area contributed by atoms with Crippen LogP contribution in [0.2, 0.25) is 5.02 Å². The van der Waals surface area contributed by atoms with Crippen molar-refractivity contribution in [3.05, 3.63) is 34.3 Å². The van der Waals surface area contributed by atoms with E-state index >= 15 is 0 Å². The third-order valence-electron chi connectivity index (χ3n) is 4.30. The SMILES string of the molecule is COC(=O)CNC(=O)[C@@H]1C[C@@H](O)[C@H](NC(=O)c2c(C)cccc2Cl)C1. The number of aryl methyl sites for hydroxylation is 1. The number of halogens is 1. The highest BCUT2D eigenvalue weighted by atomic mass is 35.5. The Morgan fingerprint density at radius 3 is 2.68 bits per heavy atom. The smallest absolute Gasteiger partial charge is 0.325 e. The molecule has 0 spiro atoms. The van der Waals surface area contributed by atoms with Gasteiger partial charge in [0.05, 0.1) is 29.8 Å². The molecule has 0 heterocycles. The molecule has 1 aromatic carbocycles. The Hall–Kier alpha value is -2.12. The van der Waals surface area contributed by atoms with Crippen LogP contribution in [0.15, 0.2) is 18.2 Å². The molecule has 8 heteroatoms. The Labute approximate surface area is 150 Å². The highest BCUT2D eigenvalue weighted by molar-refractivity contribution is 6.34. The molecule has 1 fully saturated rings. The number of aliphatic hydroxyl groups is 1. The molecule has 0 saturated heterocycles. The molecule has 1 aliphatic carbocycles. The van der Waals surface area contributed by atoms with Gasteiger partial charge < -0.3 is 20.5 Å². The van der Waals surface area contributed by atoms with Crippen molar-refractivity contribution in [2.24, 2.45) is 5.92 Å². The number of methoxy groups -OCH3 is 1. The molecule has 3 N–H and O–H groups in total. The molecule has 1 aliphatic rings. The number of carbonyl (C=O) groups excluding carboxylic acids is 3. The van der Waals surface area contributed by atoms with Gasteiger partial charge in [0, 0.05) is 5.92 Å². The summed E-state index contributed by atoms with van der Waals surface area (Å²) in [5.41, 5.74) is 1.08. The summed E-state index contributed by atoms with van der Waals surface area (Å²) in [4.78, 5) is 35.6. The first-order chi connectivity index (χ1) is 11.8. The Morgan fingerprint density at radius 2 is 2.04 bits per heavy atom. The van der Waals surface area contributed by atoms with Gasteiger partial charge in [-0.1, -0.05) is 23.7 Å². The van der Waals surface area contributed by atoms with Crippen LogP contribution in [0.3, 0.4) is 0 Å². The highest BCUT2D eigenvalue weighted by Crippen LogP contribution is 2.27. The van der Waals surface area contributed by atoms with Gasteiger partial charge in [0.25, 0.3) is 5.91 Å². The number of ether oxygens (including phenoxy) is 1. The summed E-state index contributed by atoms with van der Waals surface area (Å²) in [6, 6.07) is 4.59. The molecule has 0 radical (unpaired) electrons. The van der Waals surface area contributed by atoms with Crippen molar-refractivity contribution in [3.8, 4) is 0 Å². The Bertz CT molecular complexity index is 659. The van der Waals surface area contributed by atoms with Crippen LogP contribution in [0.5, 0.6) is 0 Å². The zero-order valence-electron chi connectivity index (χ0n) is 14.0. The average molecular weight is 369 g/mol. The molecule has 25 heavy (non-hydrogen) atoms. The van der Waals surface area contributed by atoms with Gasteiger partial charge in [-0.05, 0) is 31.4 Å². The van der Waals surface area contributed by atoms with Crippen molar-refractivity contribution >= 4 is 29.4 Å². The van der Waals surface area contributed by atoms with E-state index < -0.39 is 24.0 Å². The first kappa shape index (κ1) is 19.2. The van der Waals surface area contributed by atoms with Gasteiger partial charge in [-0.25, -0.2) is 0 Å². The van der Waals surface area contributed by atoms with Crippen LogP contribution in [0.25, 0.3) is 0 Å². The number of rotatable bonds is 5. The molecule has 2 rings (SSSR count). The minimum absolute atomic E-state index is 0.208. The van der Waals surface area contributed by atoms with Crippen LogP contribution >= 0.6 is 11.6 Å². The molecule has 136 valence electrons. The van der Waals surface area contributed by atoms with Gasteiger partial charge in [-0.2, -0.15) is 0 Å². The number of carbonyl (C=O) groups is 3. The number of esters is 1. The fourth-order valence-corrected chi connectivity index (χ4v) is 3.23. The third-order valence-corrected chi connectivity index (χ3v) is 4.61. The lowest BCUT2D eigenvalue weighted by Gasteiger charge is -2.17. The average Bonchev–Trinajstić information content (AvgIpc) is 2.93. The standard InChI is InChI=1S/C17H21ClN2O5/c1-9-4-3-5-11(18)15(9)17(24)20-12-6-10(7-13(12)21)16(23)19-8-14(22)25-2/h3-5,10,12-13,21H,6-8H2,1-2H3,(H,19,23)(H,20,24)/t10-,12+,13+/m0/s1. The quantitative estimate of drug-likeness (QED) is 0.667. The van der Waals surface area contributed by atoms with Gasteiger partial charge in [0.2, 0.25) is 5.91 Å². The van der Waals surface area contributed by atoms with Crippen molar-refractivity contribution in [3.63, 3.8) is 0 Å². The van der Waals surface area contributed by atoms with E-state index in [0.717, 1.165) is 5.56 Å². The van der Waals surface area contributed by atoms with Crippen LogP contribution in [0.1, 0.15) is 28.8 Å². The van der Waals surface area contributed by atoms with E-state index in [9.17, 15) is 19.5 Å². The lowest BCUT2D eigenvalue weighted by atomic mass is 10.1. The van der Waals surface area contributed by atoms with E-state index in [4.69, 9.17) is 11.6 Å². The summed E-state index contributed by atoms with van der Waals surface area (Å²) in [7, 11) is 1.23. The van der Waals surface area contributed by atoms with Crippen molar-refractivity contribution in [1.29, 1.82) is 0 Å².